The van der Waals surface area contributed by atoms with Crippen LogP contribution in [0.2, 0.25) is 0 Å². The van der Waals surface area contributed by atoms with Crippen LogP contribution in [0.1, 0.15) is 10.4 Å². The zero-order valence-corrected chi connectivity index (χ0v) is 10.5. The van der Waals surface area contributed by atoms with Crippen molar-refractivity contribution in [1.82, 2.24) is 0 Å². The van der Waals surface area contributed by atoms with E-state index in [-0.39, 0.29) is 22.9 Å². The van der Waals surface area contributed by atoms with Crippen LogP contribution in [0.15, 0.2) is 18.2 Å². The summed E-state index contributed by atoms with van der Waals surface area (Å²) >= 11 is 5.94. The maximum Gasteiger partial charge on any atom is 0.176 e. The van der Waals surface area contributed by atoms with Crippen molar-refractivity contribution in [2.75, 3.05) is 17.8 Å². The van der Waals surface area contributed by atoms with Crippen molar-refractivity contribution in [1.29, 1.82) is 0 Å². The second kappa shape index (κ2) is 4.58. The molecule has 0 fully saturated rings. The Balaban J connectivity index is 2.66. The normalized spacial score (nSPS) is 19.2. The number of Topliss-reactive ketones (excluding diaryl/α,β-unsaturated/α-hetero) is 1. The SMILES string of the molecule is CN1C(=S=O)[C@@H](CCl)C(=O)c2ccc(F)cc21. The van der Waals surface area contributed by atoms with Gasteiger partial charge in [0.1, 0.15) is 22.1 Å². The molecule has 1 aliphatic rings. The number of carbonyl (C=O) groups excluding carboxylic acids is 1. The number of nitrogens with zero attached hydrogens (tertiary/aromatic N) is 1. The first-order valence-electron chi connectivity index (χ1n) is 4.90. The van der Waals surface area contributed by atoms with E-state index in [2.05, 4.69) is 0 Å². The minimum Gasteiger partial charge on any atom is -0.336 e. The quantitative estimate of drug-likeness (QED) is 0.577. The largest absolute Gasteiger partial charge is 0.336 e. The number of hydrogen-bond donors (Lipinski definition) is 0. The van der Waals surface area contributed by atoms with Crippen LogP contribution in [0.3, 0.4) is 0 Å². The molecule has 6 heteroatoms. The lowest BCUT2D eigenvalue weighted by Crippen LogP contribution is -2.43. The van der Waals surface area contributed by atoms with Crippen LogP contribution in [0.4, 0.5) is 10.1 Å². The number of rotatable bonds is 1. The third kappa shape index (κ3) is 1.89. The van der Waals surface area contributed by atoms with Crippen LogP contribution in [0.25, 0.3) is 0 Å². The Bertz CT molecular complexity index is 542. The molecule has 0 N–H and O–H groups in total. The highest BCUT2D eigenvalue weighted by atomic mass is 35.5. The maximum atomic E-state index is 13.1. The van der Waals surface area contributed by atoms with Crippen molar-refractivity contribution < 1.29 is 13.4 Å². The Morgan fingerprint density at radius 3 is 2.82 bits per heavy atom. The van der Waals surface area contributed by atoms with E-state index in [9.17, 15) is 13.4 Å². The molecule has 0 bridgehead atoms. The van der Waals surface area contributed by atoms with Gasteiger partial charge in [0.2, 0.25) is 0 Å². The molecule has 1 aliphatic heterocycles. The van der Waals surface area contributed by atoms with E-state index < -0.39 is 11.7 Å². The lowest BCUT2D eigenvalue weighted by Gasteiger charge is -2.31. The fourth-order valence-corrected chi connectivity index (χ4v) is 2.79. The van der Waals surface area contributed by atoms with Crippen LogP contribution in [0.5, 0.6) is 0 Å². The molecule has 1 aromatic rings. The fraction of sp³-hybridized carbons (Fsp3) is 0.273. The molecule has 90 valence electrons. The van der Waals surface area contributed by atoms with Crippen molar-refractivity contribution in [2.45, 2.75) is 0 Å². The molecule has 1 heterocycles. The van der Waals surface area contributed by atoms with Gasteiger partial charge in [-0.1, -0.05) is 0 Å². The molecular weight excluding hydrogens is 265 g/mol. The Morgan fingerprint density at radius 2 is 2.24 bits per heavy atom. The lowest BCUT2D eigenvalue weighted by molar-refractivity contribution is 0.0961. The number of fused-ring (bicyclic) bond motifs is 1. The maximum absolute atomic E-state index is 13.1. The minimum absolute atomic E-state index is 0.0462. The summed E-state index contributed by atoms with van der Waals surface area (Å²) < 4.78 is 24.2. The van der Waals surface area contributed by atoms with Gasteiger partial charge >= 0.3 is 0 Å². The first-order chi connectivity index (χ1) is 8.10. The minimum atomic E-state index is -0.637. The number of anilines is 1. The molecule has 0 saturated heterocycles. The molecule has 0 spiro atoms. The van der Waals surface area contributed by atoms with Gasteiger partial charge in [0.05, 0.1) is 11.6 Å². The highest BCUT2D eigenvalue weighted by molar-refractivity contribution is 7.67. The molecule has 3 nitrogen and oxygen atoms in total. The van der Waals surface area contributed by atoms with Crippen molar-refractivity contribution in [3.8, 4) is 0 Å². The van der Waals surface area contributed by atoms with Gasteiger partial charge in [-0.05, 0) is 18.2 Å². The van der Waals surface area contributed by atoms with Gasteiger partial charge in [-0.2, -0.15) is 0 Å². The number of carbonyl (C=O) groups is 1. The summed E-state index contributed by atoms with van der Waals surface area (Å²) in [7, 11) is 1.63. The Kier molecular flexibility index (Phi) is 3.31. The molecule has 0 unspecified atom stereocenters. The third-order valence-electron chi connectivity index (χ3n) is 2.77. The summed E-state index contributed by atoms with van der Waals surface area (Å²) in [5.41, 5.74) is 0.812. The molecule has 0 aliphatic carbocycles. The van der Waals surface area contributed by atoms with Crippen molar-refractivity contribution in [2.24, 2.45) is 5.92 Å². The number of hydrogen-bond acceptors (Lipinski definition) is 2. The second-order valence-corrected chi connectivity index (χ2v) is 4.61. The van der Waals surface area contributed by atoms with Gasteiger partial charge < -0.3 is 4.90 Å². The van der Waals surface area contributed by atoms with E-state index in [1.54, 1.807) is 7.05 Å². The van der Waals surface area contributed by atoms with Gasteiger partial charge in [-0.3, -0.25) is 4.79 Å². The summed E-state index contributed by atoms with van der Waals surface area (Å²) in [5, 5.41) is 0. The average Bonchev–Trinajstić information content (AvgIpc) is 2.33. The van der Waals surface area contributed by atoms with Gasteiger partial charge in [0.25, 0.3) is 0 Å². The van der Waals surface area contributed by atoms with Gasteiger partial charge in [0, 0.05) is 18.5 Å². The zero-order valence-electron chi connectivity index (χ0n) is 8.94. The summed E-state index contributed by atoms with van der Waals surface area (Å²) in [6.07, 6.45) is 0. The molecule has 17 heavy (non-hydrogen) atoms. The highest BCUT2D eigenvalue weighted by Crippen LogP contribution is 2.30. The molecule has 0 amide bonds. The summed E-state index contributed by atoms with van der Waals surface area (Å²) in [4.78, 5) is 13.9. The molecule has 0 saturated carbocycles. The van der Waals surface area contributed by atoms with Crippen LogP contribution in [0, 0.1) is 11.7 Å². The first-order valence-corrected chi connectivity index (χ1v) is 6.18. The smallest absolute Gasteiger partial charge is 0.176 e. The van der Waals surface area contributed by atoms with Gasteiger partial charge in [-0.25, -0.2) is 8.60 Å². The number of halogens is 2. The van der Waals surface area contributed by atoms with E-state index in [0.29, 0.717) is 16.2 Å². The Labute approximate surface area is 106 Å². The molecular formula is C11H9ClFNO2S. The molecule has 1 atom stereocenters. The first kappa shape index (κ1) is 12.3. The lowest BCUT2D eigenvalue weighted by atomic mass is 9.92. The summed E-state index contributed by atoms with van der Waals surface area (Å²) in [5.74, 6) is -1.26. The third-order valence-corrected chi connectivity index (χ3v) is 3.81. The van der Waals surface area contributed by atoms with E-state index >= 15 is 0 Å². The molecule has 0 radical (unpaired) electrons. The Hall–Kier alpha value is -1.20. The van der Waals surface area contributed by atoms with Crippen molar-refractivity contribution in [3.05, 3.63) is 29.6 Å². The predicted octanol–water partition coefficient (Wildman–Crippen LogP) is 1.66. The predicted molar refractivity (Wildman–Crippen MR) is 66.5 cm³/mol. The number of benzene rings is 1. The van der Waals surface area contributed by atoms with Crippen LogP contribution in [-0.2, 0) is 11.3 Å². The number of alkyl halides is 1. The fourth-order valence-electron chi connectivity index (χ4n) is 1.89. The van der Waals surface area contributed by atoms with E-state index in [0.717, 1.165) is 0 Å². The average molecular weight is 274 g/mol. The monoisotopic (exact) mass is 273 g/mol. The van der Waals surface area contributed by atoms with E-state index in [1.807, 2.05) is 0 Å². The van der Waals surface area contributed by atoms with Crippen molar-refractivity contribution >= 4 is 39.3 Å². The standard InChI is InChI=1S/C11H9ClFNO2S/c1-14-9-4-6(13)2-3-7(9)10(15)8(5-12)11(14)17-16/h2-4,8H,5H2,1H3/t8-/m0/s1. The van der Waals surface area contributed by atoms with Crippen LogP contribution >= 0.6 is 11.6 Å². The van der Waals surface area contributed by atoms with Gasteiger partial charge in [-0.15, -0.1) is 11.6 Å². The molecule has 1 aromatic carbocycles. The van der Waals surface area contributed by atoms with E-state index in [4.69, 9.17) is 11.6 Å². The van der Waals surface area contributed by atoms with Crippen LogP contribution < -0.4 is 4.90 Å². The second-order valence-electron chi connectivity index (χ2n) is 3.71. The topological polar surface area (TPSA) is 37.4 Å². The summed E-state index contributed by atoms with van der Waals surface area (Å²) in [6, 6.07) is 3.90. The zero-order chi connectivity index (χ0) is 12.6. The van der Waals surface area contributed by atoms with Gasteiger partial charge in [0.15, 0.2) is 5.78 Å². The summed E-state index contributed by atoms with van der Waals surface area (Å²) in [6.45, 7) is 0. The number of ketones is 1. The van der Waals surface area contributed by atoms with Crippen molar-refractivity contribution in [3.63, 3.8) is 0 Å². The molecule has 2 rings (SSSR count). The van der Waals surface area contributed by atoms with Crippen LogP contribution in [-0.4, -0.2) is 27.9 Å². The van der Waals surface area contributed by atoms with E-state index in [1.165, 1.54) is 23.1 Å². The Morgan fingerprint density at radius 1 is 1.53 bits per heavy atom. The highest BCUT2D eigenvalue weighted by Gasteiger charge is 2.35. The molecule has 0 aromatic heterocycles.